The van der Waals surface area contributed by atoms with Crippen LogP contribution in [0.4, 0.5) is 0 Å². The average molecular weight is 238 g/mol. The zero-order chi connectivity index (χ0) is 13.2. The van der Waals surface area contributed by atoms with Crippen LogP contribution in [0, 0.1) is 19.3 Å². The molecule has 3 N–H and O–H groups in total. The Morgan fingerprint density at radius 2 is 2.06 bits per heavy atom. The highest BCUT2D eigenvalue weighted by Crippen LogP contribution is 2.20. The summed E-state index contributed by atoms with van der Waals surface area (Å²) in [5.74, 6) is 1.44. The monoisotopic (exact) mass is 238 g/mol. The second-order valence-corrected chi connectivity index (χ2v) is 5.52. The van der Waals surface area contributed by atoms with Crippen LogP contribution >= 0.6 is 0 Å². The van der Waals surface area contributed by atoms with Crippen LogP contribution in [0.15, 0.2) is 10.5 Å². The summed E-state index contributed by atoms with van der Waals surface area (Å²) in [5, 5.41) is 3.20. The fraction of sp³-hybridized carbons (Fsp3) is 0.615. The topological polar surface area (TPSA) is 68.3 Å². The SMILES string of the molecule is Cc1cc(CN[C@H](C(N)=O)C(C)(C)C)c(C)o1. The molecule has 4 heteroatoms. The number of furan rings is 1. The molecule has 0 aliphatic carbocycles. The molecule has 0 aliphatic heterocycles. The molecule has 0 unspecified atom stereocenters. The lowest BCUT2D eigenvalue weighted by molar-refractivity contribution is -0.122. The zero-order valence-electron chi connectivity index (χ0n) is 11.3. The maximum atomic E-state index is 11.4. The van der Waals surface area contributed by atoms with E-state index in [0.717, 1.165) is 17.1 Å². The summed E-state index contributed by atoms with van der Waals surface area (Å²) in [6, 6.07) is 1.63. The number of hydrogen-bond donors (Lipinski definition) is 2. The van der Waals surface area contributed by atoms with Gasteiger partial charge in [0.1, 0.15) is 11.5 Å². The minimum atomic E-state index is -0.350. The third-order valence-electron chi connectivity index (χ3n) is 2.79. The number of amides is 1. The highest BCUT2D eigenvalue weighted by molar-refractivity contribution is 5.80. The van der Waals surface area contributed by atoms with Crippen molar-refractivity contribution in [2.75, 3.05) is 0 Å². The molecule has 1 aromatic heterocycles. The standard InChI is InChI=1S/C13H22N2O2/c1-8-6-10(9(2)17-8)7-15-11(12(14)16)13(3,4)5/h6,11,15H,7H2,1-5H3,(H2,14,16)/t11-/m1/s1. The third-order valence-corrected chi connectivity index (χ3v) is 2.79. The number of primary amides is 1. The van der Waals surface area contributed by atoms with E-state index in [9.17, 15) is 4.79 Å². The Labute approximate surface area is 103 Å². The summed E-state index contributed by atoms with van der Waals surface area (Å²) in [6.07, 6.45) is 0. The maximum Gasteiger partial charge on any atom is 0.235 e. The van der Waals surface area contributed by atoms with E-state index >= 15 is 0 Å². The normalized spacial score (nSPS) is 13.7. The largest absolute Gasteiger partial charge is 0.466 e. The molecule has 0 aliphatic rings. The molecule has 96 valence electrons. The molecule has 4 nitrogen and oxygen atoms in total. The van der Waals surface area contributed by atoms with E-state index in [1.165, 1.54) is 0 Å². The van der Waals surface area contributed by atoms with Crippen molar-refractivity contribution in [3.63, 3.8) is 0 Å². The van der Waals surface area contributed by atoms with Crippen LogP contribution in [0.25, 0.3) is 0 Å². The van der Waals surface area contributed by atoms with Gasteiger partial charge in [-0.2, -0.15) is 0 Å². The molecular formula is C13H22N2O2. The van der Waals surface area contributed by atoms with Crippen LogP contribution in [-0.2, 0) is 11.3 Å². The quantitative estimate of drug-likeness (QED) is 0.841. The van der Waals surface area contributed by atoms with Gasteiger partial charge in [0, 0.05) is 12.1 Å². The first-order valence-corrected chi connectivity index (χ1v) is 5.80. The first-order valence-electron chi connectivity index (χ1n) is 5.80. The van der Waals surface area contributed by atoms with E-state index in [0.29, 0.717) is 6.54 Å². The van der Waals surface area contributed by atoms with Gasteiger partial charge in [0.15, 0.2) is 0 Å². The number of aryl methyl sites for hydroxylation is 2. The fourth-order valence-corrected chi connectivity index (χ4v) is 1.90. The zero-order valence-corrected chi connectivity index (χ0v) is 11.3. The Morgan fingerprint density at radius 3 is 2.41 bits per heavy atom. The molecule has 0 bridgehead atoms. The summed E-state index contributed by atoms with van der Waals surface area (Å²) < 4.78 is 5.44. The van der Waals surface area contributed by atoms with Crippen molar-refractivity contribution in [1.29, 1.82) is 0 Å². The fourth-order valence-electron chi connectivity index (χ4n) is 1.90. The predicted octanol–water partition coefficient (Wildman–Crippen LogP) is 1.89. The maximum absolute atomic E-state index is 11.4. The van der Waals surface area contributed by atoms with Crippen LogP contribution in [0.1, 0.15) is 37.9 Å². The molecule has 0 saturated carbocycles. The van der Waals surface area contributed by atoms with E-state index in [2.05, 4.69) is 5.32 Å². The molecule has 1 heterocycles. The Kier molecular flexibility index (Phi) is 3.98. The van der Waals surface area contributed by atoms with Crippen molar-refractivity contribution in [2.45, 2.75) is 47.2 Å². The molecular weight excluding hydrogens is 216 g/mol. The molecule has 17 heavy (non-hydrogen) atoms. The predicted molar refractivity (Wildman–Crippen MR) is 67.5 cm³/mol. The lowest BCUT2D eigenvalue weighted by atomic mass is 9.86. The molecule has 1 rings (SSSR count). The van der Waals surface area contributed by atoms with Crippen LogP contribution in [0.2, 0.25) is 0 Å². The van der Waals surface area contributed by atoms with E-state index in [1.807, 2.05) is 40.7 Å². The van der Waals surface area contributed by atoms with Crippen LogP contribution in [0.3, 0.4) is 0 Å². The van der Waals surface area contributed by atoms with Crippen molar-refractivity contribution in [1.82, 2.24) is 5.32 Å². The van der Waals surface area contributed by atoms with Gasteiger partial charge in [0.2, 0.25) is 5.91 Å². The summed E-state index contributed by atoms with van der Waals surface area (Å²) in [5.41, 5.74) is 6.28. The van der Waals surface area contributed by atoms with Gasteiger partial charge in [-0.25, -0.2) is 0 Å². The molecule has 1 atom stereocenters. The number of carbonyl (C=O) groups is 1. The number of carbonyl (C=O) groups excluding carboxylic acids is 1. The number of hydrogen-bond acceptors (Lipinski definition) is 3. The summed E-state index contributed by atoms with van der Waals surface area (Å²) >= 11 is 0. The van der Waals surface area contributed by atoms with Gasteiger partial charge >= 0.3 is 0 Å². The van der Waals surface area contributed by atoms with Gasteiger partial charge in [0.25, 0.3) is 0 Å². The van der Waals surface area contributed by atoms with Crippen molar-refractivity contribution < 1.29 is 9.21 Å². The Hall–Kier alpha value is -1.29. The number of nitrogens with two attached hydrogens (primary N) is 1. The molecule has 1 amide bonds. The summed E-state index contributed by atoms with van der Waals surface area (Å²) in [7, 11) is 0. The first-order chi connectivity index (χ1) is 7.71. The van der Waals surface area contributed by atoms with E-state index in [-0.39, 0.29) is 17.4 Å². The molecule has 0 spiro atoms. The van der Waals surface area contributed by atoms with Gasteiger partial charge in [-0.05, 0) is 25.3 Å². The molecule has 0 radical (unpaired) electrons. The van der Waals surface area contributed by atoms with Gasteiger partial charge in [-0.1, -0.05) is 20.8 Å². The summed E-state index contributed by atoms with van der Waals surface area (Å²) in [4.78, 5) is 11.4. The Bertz CT molecular complexity index is 402. The highest BCUT2D eigenvalue weighted by Gasteiger charge is 2.29. The van der Waals surface area contributed by atoms with Crippen molar-refractivity contribution in [2.24, 2.45) is 11.1 Å². The lowest BCUT2D eigenvalue weighted by Gasteiger charge is -2.28. The smallest absolute Gasteiger partial charge is 0.235 e. The molecule has 1 aromatic rings. The molecule has 0 fully saturated rings. The Morgan fingerprint density at radius 1 is 1.47 bits per heavy atom. The third kappa shape index (κ3) is 3.60. The molecule has 0 aromatic carbocycles. The minimum absolute atomic E-state index is 0.196. The van der Waals surface area contributed by atoms with E-state index in [4.69, 9.17) is 10.2 Å². The summed E-state index contributed by atoms with van der Waals surface area (Å²) in [6.45, 7) is 10.4. The van der Waals surface area contributed by atoms with Crippen molar-refractivity contribution in [3.8, 4) is 0 Å². The lowest BCUT2D eigenvalue weighted by Crippen LogP contribution is -2.49. The van der Waals surface area contributed by atoms with Gasteiger partial charge in [0.05, 0.1) is 6.04 Å². The first kappa shape index (κ1) is 13.8. The number of rotatable bonds is 4. The van der Waals surface area contributed by atoms with Gasteiger partial charge < -0.3 is 15.5 Å². The van der Waals surface area contributed by atoms with Gasteiger partial charge in [-0.3, -0.25) is 4.79 Å². The molecule has 0 saturated heterocycles. The Balaban J connectivity index is 2.71. The van der Waals surface area contributed by atoms with Crippen LogP contribution < -0.4 is 11.1 Å². The van der Waals surface area contributed by atoms with Crippen molar-refractivity contribution in [3.05, 3.63) is 23.2 Å². The van der Waals surface area contributed by atoms with Crippen LogP contribution in [0.5, 0.6) is 0 Å². The minimum Gasteiger partial charge on any atom is -0.466 e. The van der Waals surface area contributed by atoms with Gasteiger partial charge in [-0.15, -0.1) is 0 Å². The highest BCUT2D eigenvalue weighted by atomic mass is 16.3. The van der Waals surface area contributed by atoms with E-state index < -0.39 is 0 Å². The number of nitrogens with one attached hydrogen (secondary N) is 1. The van der Waals surface area contributed by atoms with Crippen molar-refractivity contribution >= 4 is 5.91 Å². The second-order valence-electron chi connectivity index (χ2n) is 5.52. The van der Waals surface area contributed by atoms with E-state index in [1.54, 1.807) is 0 Å². The second kappa shape index (κ2) is 4.92. The van der Waals surface area contributed by atoms with Crippen LogP contribution in [-0.4, -0.2) is 11.9 Å². The average Bonchev–Trinajstić information content (AvgIpc) is 2.42.